The second-order valence-electron chi connectivity index (χ2n) is 24.4. The fraction of sp³-hybridized carbons (Fsp3) is 0. The number of hydrogen-bond donors (Lipinski definition) is 0. The fourth-order valence-corrected chi connectivity index (χ4v) is 14.3. The number of aromatic nitrogens is 8. The maximum Gasteiger partial charge on any atom is 0.238 e. The molecule has 0 saturated carbocycles. The molecular formula is C90H52N8O4. The van der Waals surface area contributed by atoms with Crippen molar-refractivity contribution in [2.75, 3.05) is 0 Å². The van der Waals surface area contributed by atoms with Gasteiger partial charge in [-0.2, -0.15) is 19.9 Å². The predicted octanol–water partition coefficient (Wildman–Crippen LogP) is 23.5. The Kier molecular flexibility index (Phi) is 9.64. The lowest BCUT2D eigenvalue weighted by atomic mass is 9.99. The maximum atomic E-state index is 9.58. The van der Waals surface area contributed by atoms with E-state index in [9.17, 15) is 4.11 Å². The lowest BCUT2D eigenvalue weighted by molar-refractivity contribution is 0.668. The number of para-hydroxylation sites is 4. The minimum atomic E-state index is -0.627. The lowest BCUT2D eigenvalue weighted by Crippen LogP contribution is -2.06. The van der Waals surface area contributed by atoms with Crippen molar-refractivity contribution >= 4 is 131 Å². The Morgan fingerprint density at radius 2 is 0.696 bits per heavy atom. The number of benzene rings is 14. The van der Waals surface area contributed by atoms with Gasteiger partial charge in [-0.1, -0.05) is 230 Å². The van der Waals surface area contributed by atoms with Crippen molar-refractivity contribution in [2.24, 2.45) is 0 Å². The van der Waals surface area contributed by atoms with Gasteiger partial charge < -0.3 is 17.7 Å². The molecule has 8 aromatic heterocycles. The van der Waals surface area contributed by atoms with Crippen LogP contribution in [0.3, 0.4) is 0 Å². The van der Waals surface area contributed by atoms with Crippen LogP contribution in [-0.4, -0.2) is 39.0 Å². The van der Waals surface area contributed by atoms with Crippen LogP contribution in [0.5, 0.6) is 0 Å². The van der Waals surface area contributed by atoms with E-state index < -0.39 is 90.6 Å². The van der Waals surface area contributed by atoms with Crippen molar-refractivity contribution < 1.29 is 39.6 Å². The molecule has 0 N–H and O–H groups in total. The van der Waals surface area contributed by atoms with E-state index in [1.807, 2.05) is 174 Å². The van der Waals surface area contributed by atoms with E-state index >= 15 is 0 Å². The first-order chi connectivity index (χ1) is 57.2. The Morgan fingerprint density at radius 1 is 0.235 bits per heavy atom. The van der Waals surface area contributed by atoms with Crippen LogP contribution >= 0.6 is 0 Å². The molecule has 0 saturated heterocycles. The van der Waals surface area contributed by atoms with E-state index in [4.69, 9.17) is 60.4 Å². The number of nitrogens with zero attached hydrogens (tertiary/aromatic N) is 8. The SMILES string of the molecule is [2H]c1c([2H])c([2H])c(-c2nc(-c3c([2H])c([2H])c4c(oc5c([2H])c([2H])c([2H])c(-c6ccccc6)c54)c3[2H])nc(-n3c4ccccc4c4c5c(ccc43)oc3ccccc35)n2)c([2H])c1[2H].[2H]c1c([2H])c([2H])c(-c2nc(-c3ccc4c(c3)oc3cccc(-c5ccccc5)c34)nc(-n3c4ccccc4c4c5c(ccc43)oc3ccccc35)n2)c([2H])c1[2H]. The van der Waals surface area contributed by atoms with E-state index in [2.05, 4.69) is 23.2 Å². The second-order valence-corrected chi connectivity index (χ2v) is 24.4. The molecule has 0 atom stereocenters. The topological polar surface area (TPSA) is 140 Å². The molecule has 0 amide bonds. The number of furan rings is 4. The van der Waals surface area contributed by atoms with Crippen molar-refractivity contribution in [3.8, 4) is 79.7 Å². The van der Waals surface area contributed by atoms with Gasteiger partial charge >= 0.3 is 0 Å². The Balaban J connectivity index is 0.000000147. The zero-order valence-corrected chi connectivity index (χ0v) is 53.0. The van der Waals surface area contributed by atoms with Gasteiger partial charge in [-0.15, -0.1) is 0 Å². The summed E-state index contributed by atoms with van der Waals surface area (Å²) in [7, 11) is 0. The monoisotopic (exact) mass is 1320 g/mol. The summed E-state index contributed by atoms with van der Waals surface area (Å²) in [5, 5.41) is 9.16. The Labute approximate surface area is 602 Å². The molecular weight excluding hydrogens is 1260 g/mol. The molecule has 0 fully saturated rings. The standard InChI is InChI=1S/2C45H26N4O2/c2*1-3-12-27(13-4-1)30-18-11-21-37-40(30)33-23-22-29(26-39(33)51-37)44-46-43(28-14-5-2-6-15-28)47-45(48-44)49-34-19-9-7-16-31(34)41-35(49)24-25-38-42(41)32-17-8-10-20-36(32)50-38/h2*1-26H/i2D,5D,6D,11D,14D,15D,18D,21D,22D,23D,26D;2D,5D,6D,14D,15D. The van der Waals surface area contributed by atoms with Crippen LogP contribution in [-0.2, 0) is 0 Å². The average Bonchev–Trinajstić information content (AvgIpc) is 1.56. The van der Waals surface area contributed by atoms with Gasteiger partial charge in [-0.25, -0.2) is 9.97 Å². The molecule has 8 heterocycles. The van der Waals surface area contributed by atoms with Crippen molar-refractivity contribution in [3.63, 3.8) is 0 Å². The first-order valence-electron chi connectivity index (χ1n) is 40.6. The van der Waals surface area contributed by atoms with E-state index in [1.165, 1.54) is 0 Å². The highest BCUT2D eigenvalue weighted by Crippen LogP contribution is 2.45. The van der Waals surface area contributed by atoms with Gasteiger partial charge in [-0.3, -0.25) is 9.13 Å². The molecule has 0 aliphatic heterocycles. The average molecular weight is 1330 g/mol. The molecule has 0 aliphatic carbocycles. The smallest absolute Gasteiger partial charge is 0.238 e. The molecule has 0 aliphatic rings. The van der Waals surface area contributed by atoms with Gasteiger partial charge in [0, 0.05) is 86.9 Å². The quantitative estimate of drug-likeness (QED) is 0.144. The molecule has 476 valence electrons. The molecule has 102 heavy (non-hydrogen) atoms. The van der Waals surface area contributed by atoms with Crippen LogP contribution in [0.15, 0.2) is 333 Å². The molecule has 12 nitrogen and oxygen atoms in total. The minimum Gasteiger partial charge on any atom is -0.456 e. The Morgan fingerprint density at radius 3 is 1.28 bits per heavy atom. The Bertz CT molecular complexity index is 8130. The molecule has 0 unspecified atom stereocenters. The van der Waals surface area contributed by atoms with Crippen LogP contribution < -0.4 is 0 Å². The molecule has 0 radical (unpaired) electrons. The van der Waals surface area contributed by atoms with Gasteiger partial charge in [0.2, 0.25) is 11.9 Å². The van der Waals surface area contributed by atoms with Crippen molar-refractivity contribution in [1.29, 1.82) is 0 Å². The normalized spacial score (nSPS) is 14.1. The highest BCUT2D eigenvalue weighted by molar-refractivity contribution is 6.29. The van der Waals surface area contributed by atoms with E-state index in [1.54, 1.807) is 34.9 Å². The highest BCUT2D eigenvalue weighted by Gasteiger charge is 2.26. The highest BCUT2D eigenvalue weighted by atomic mass is 16.3. The number of hydrogen-bond acceptors (Lipinski definition) is 10. The summed E-state index contributed by atoms with van der Waals surface area (Å²) < 4.78 is 169. The number of rotatable bonds is 8. The van der Waals surface area contributed by atoms with Crippen molar-refractivity contribution in [2.45, 2.75) is 0 Å². The lowest BCUT2D eigenvalue weighted by Gasteiger charge is -2.11. The van der Waals surface area contributed by atoms with E-state index in [0.29, 0.717) is 38.9 Å². The molecule has 12 heteroatoms. The third-order valence-corrected chi connectivity index (χ3v) is 18.6. The van der Waals surface area contributed by atoms with Crippen LogP contribution in [0.2, 0.25) is 0 Å². The first-order valence-corrected chi connectivity index (χ1v) is 32.6. The summed E-state index contributed by atoms with van der Waals surface area (Å²) >= 11 is 0. The van der Waals surface area contributed by atoms with Gasteiger partial charge in [0.05, 0.1) is 44.0 Å². The second kappa shape index (κ2) is 22.7. The van der Waals surface area contributed by atoms with Gasteiger partial charge in [0.1, 0.15) is 44.7 Å². The molecule has 14 aromatic carbocycles. The summed E-state index contributed by atoms with van der Waals surface area (Å²) in [5.41, 5.74) is 9.36. The van der Waals surface area contributed by atoms with Crippen molar-refractivity contribution in [1.82, 2.24) is 39.0 Å². The fourth-order valence-electron chi connectivity index (χ4n) is 14.3. The first kappa shape index (κ1) is 43.2. The van der Waals surface area contributed by atoms with Gasteiger partial charge in [0.15, 0.2) is 23.3 Å². The summed E-state index contributed by atoms with van der Waals surface area (Å²) in [6.07, 6.45) is 0. The molecule has 22 rings (SSSR count). The summed E-state index contributed by atoms with van der Waals surface area (Å²) in [5.74, 6) is -0.369. The third kappa shape index (κ3) is 9.03. The van der Waals surface area contributed by atoms with Crippen LogP contribution in [0.4, 0.5) is 0 Å². The Hall–Kier alpha value is -14.1. The molecule has 0 spiro atoms. The third-order valence-electron chi connectivity index (χ3n) is 18.6. The summed E-state index contributed by atoms with van der Waals surface area (Å²) in [4.78, 5) is 29.1. The van der Waals surface area contributed by atoms with Gasteiger partial charge in [-0.05, 0) is 107 Å². The number of fused-ring (bicyclic) bond motifs is 20. The van der Waals surface area contributed by atoms with Crippen LogP contribution in [0, 0.1) is 0 Å². The molecule has 22 aromatic rings. The molecule has 0 bridgehead atoms. The van der Waals surface area contributed by atoms with E-state index in [-0.39, 0.29) is 85.4 Å². The van der Waals surface area contributed by atoms with Crippen molar-refractivity contribution in [3.05, 3.63) is 315 Å². The predicted molar refractivity (Wildman–Crippen MR) is 410 cm³/mol. The maximum absolute atomic E-state index is 9.58. The van der Waals surface area contributed by atoms with Crippen LogP contribution in [0.1, 0.15) is 21.9 Å². The zero-order chi connectivity index (χ0) is 80.9. The zero-order valence-electron chi connectivity index (χ0n) is 69.0. The van der Waals surface area contributed by atoms with Gasteiger partial charge in [0.25, 0.3) is 0 Å². The summed E-state index contributed by atoms with van der Waals surface area (Å²) in [6, 6.07) is 61.4. The van der Waals surface area contributed by atoms with Crippen LogP contribution in [0.25, 0.3) is 211 Å². The largest absolute Gasteiger partial charge is 0.456 e. The van der Waals surface area contributed by atoms with E-state index in [0.717, 1.165) is 92.8 Å². The minimum absolute atomic E-state index is 0.0153. The summed E-state index contributed by atoms with van der Waals surface area (Å²) in [6.45, 7) is 0.